The Kier molecular flexibility index (Phi) is 4.01. The van der Waals surface area contributed by atoms with Gasteiger partial charge in [0.2, 0.25) is 0 Å². The van der Waals surface area contributed by atoms with Gasteiger partial charge in [0.15, 0.2) is 5.69 Å². The first-order valence-corrected chi connectivity index (χ1v) is 7.04. The molecule has 0 fully saturated rings. The van der Waals surface area contributed by atoms with Gasteiger partial charge in [-0.3, -0.25) is 4.98 Å². The minimum absolute atomic E-state index is 0.135. The van der Waals surface area contributed by atoms with E-state index in [0.29, 0.717) is 29.3 Å². The Morgan fingerprint density at radius 3 is 2.78 bits per heavy atom. The Balaban J connectivity index is 2.24. The summed E-state index contributed by atoms with van der Waals surface area (Å²) in [5, 5.41) is 17.2. The predicted molar refractivity (Wildman–Crippen MR) is 82.7 cm³/mol. The normalized spacial score (nSPS) is 10.5. The van der Waals surface area contributed by atoms with Gasteiger partial charge in [0.1, 0.15) is 17.1 Å². The molecule has 0 atom stereocenters. The molecule has 0 saturated carbocycles. The zero-order valence-corrected chi connectivity index (χ0v) is 12.4. The first-order chi connectivity index (χ1) is 11.2. The number of hydrogen-bond acceptors (Lipinski definition) is 5. The third-order valence-corrected chi connectivity index (χ3v) is 3.20. The summed E-state index contributed by atoms with van der Waals surface area (Å²) in [6.07, 6.45) is 3.19. The number of carboxylic acid groups (broad SMARTS) is 1. The molecule has 0 radical (unpaired) electrons. The molecule has 7 nitrogen and oxygen atoms in total. The Morgan fingerprint density at radius 2 is 2.09 bits per heavy atom. The van der Waals surface area contributed by atoms with Crippen LogP contribution in [0.25, 0.3) is 16.9 Å². The zero-order valence-electron chi connectivity index (χ0n) is 12.4. The number of rotatable bonds is 5. The van der Waals surface area contributed by atoms with Gasteiger partial charge in [-0.05, 0) is 31.2 Å². The Hall–Kier alpha value is -3.22. The SMILES string of the molecule is CCOc1ccccc1-n1nnc(C(=O)O)c1-c1cccnc1. The lowest BCUT2D eigenvalue weighted by atomic mass is 10.1. The quantitative estimate of drug-likeness (QED) is 0.778. The van der Waals surface area contributed by atoms with E-state index in [0.717, 1.165) is 0 Å². The van der Waals surface area contributed by atoms with Crippen LogP contribution in [0.3, 0.4) is 0 Å². The highest BCUT2D eigenvalue weighted by Gasteiger charge is 2.23. The molecular formula is C16H14N4O3. The van der Waals surface area contributed by atoms with Crippen LogP contribution in [0.1, 0.15) is 17.4 Å². The molecule has 2 aromatic heterocycles. The van der Waals surface area contributed by atoms with Crippen LogP contribution < -0.4 is 4.74 Å². The second-order valence-electron chi connectivity index (χ2n) is 4.65. The average Bonchev–Trinajstić information content (AvgIpc) is 3.01. The number of pyridine rings is 1. The van der Waals surface area contributed by atoms with Gasteiger partial charge in [-0.15, -0.1) is 5.10 Å². The van der Waals surface area contributed by atoms with Gasteiger partial charge in [-0.2, -0.15) is 0 Å². The summed E-state index contributed by atoms with van der Waals surface area (Å²) >= 11 is 0. The minimum Gasteiger partial charge on any atom is -0.492 e. The summed E-state index contributed by atoms with van der Waals surface area (Å²) in [6, 6.07) is 10.8. The maximum Gasteiger partial charge on any atom is 0.358 e. The molecule has 2 heterocycles. The van der Waals surface area contributed by atoms with Gasteiger partial charge in [0.05, 0.1) is 6.61 Å². The minimum atomic E-state index is -1.15. The van der Waals surface area contributed by atoms with E-state index in [1.807, 2.05) is 19.1 Å². The van der Waals surface area contributed by atoms with Crippen molar-refractivity contribution in [1.82, 2.24) is 20.0 Å². The molecule has 0 amide bonds. The molecule has 0 saturated heterocycles. The average molecular weight is 310 g/mol. The number of ether oxygens (including phenoxy) is 1. The van der Waals surface area contributed by atoms with E-state index in [1.165, 1.54) is 4.68 Å². The molecule has 116 valence electrons. The van der Waals surface area contributed by atoms with Gasteiger partial charge in [-0.25, -0.2) is 9.48 Å². The summed E-state index contributed by atoms with van der Waals surface area (Å²) in [5.41, 5.74) is 1.46. The van der Waals surface area contributed by atoms with E-state index in [9.17, 15) is 9.90 Å². The van der Waals surface area contributed by atoms with Gasteiger partial charge in [-0.1, -0.05) is 17.3 Å². The predicted octanol–water partition coefficient (Wildman–Crippen LogP) is 2.43. The van der Waals surface area contributed by atoms with Crippen LogP contribution in [0.5, 0.6) is 5.75 Å². The third kappa shape index (κ3) is 2.76. The molecule has 0 spiro atoms. The highest BCUT2D eigenvalue weighted by atomic mass is 16.5. The molecule has 0 aliphatic rings. The fourth-order valence-corrected chi connectivity index (χ4v) is 2.27. The molecular weight excluding hydrogens is 296 g/mol. The number of aromatic carboxylic acids is 1. The van der Waals surface area contributed by atoms with Gasteiger partial charge >= 0.3 is 5.97 Å². The van der Waals surface area contributed by atoms with Crippen molar-refractivity contribution in [2.45, 2.75) is 6.92 Å². The molecule has 1 aromatic carbocycles. The first kappa shape index (κ1) is 14.7. The maximum absolute atomic E-state index is 11.5. The van der Waals surface area contributed by atoms with Gasteiger partial charge in [0.25, 0.3) is 0 Å². The van der Waals surface area contributed by atoms with Crippen molar-refractivity contribution in [1.29, 1.82) is 0 Å². The lowest BCUT2D eigenvalue weighted by molar-refractivity contribution is 0.0691. The number of aromatic nitrogens is 4. The summed E-state index contributed by atoms with van der Waals surface area (Å²) in [5.74, 6) is -0.550. The zero-order chi connectivity index (χ0) is 16.2. The highest BCUT2D eigenvalue weighted by molar-refractivity contribution is 5.93. The lowest BCUT2D eigenvalue weighted by Crippen LogP contribution is -2.05. The van der Waals surface area contributed by atoms with Crippen molar-refractivity contribution < 1.29 is 14.6 Å². The Bertz CT molecular complexity index is 830. The fraction of sp³-hybridized carbons (Fsp3) is 0.125. The van der Waals surface area contributed by atoms with E-state index >= 15 is 0 Å². The topological polar surface area (TPSA) is 90.1 Å². The number of carboxylic acids is 1. The van der Waals surface area contributed by atoms with E-state index in [2.05, 4.69) is 15.3 Å². The number of benzene rings is 1. The molecule has 0 bridgehead atoms. The van der Waals surface area contributed by atoms with Crippen LogP contribution in [-0.4, -0.2) is 37.7 Å². The first-order valence-electron chi connectivity index (χ1n) is 7.04. The molecule has 0 unspecified atom stereocenters. The summed E-state index contributed by atoms with van der Waals surface area (Å²) in [7, 11) is 0. The molecule has 7 heteroatoms. The highest BCUT2D eigenvalue weighted by Crippen LogP contribution is 2.29. The summed E-state index contributed by atoms with van der Waals surface area (Å²) in [6.45, 7) is 2.36. The van der Waals surface area contributed by atoms with Crippen LogP contribution in [0.4, 0.5) is 0 Å². The van der Waals surface area contributed by atoms with Crippen LogP contribution in [0.2, 0.25) is 0 Å². The number of nitrogens with zero attached hydrogens (tertiary/aromatic N) is 4. The monoisotopic (exact) mass is 310 g/mol. The van der Waals surface area contributed by atoms with Crippen molar-refractivity contribution in [2.75, 3.05) is 6.61 Å². The number of hydrogen-bond donors (Lipinski definition) is 1. The number of para-hydroxylation sites is 2. The lowest BCUT2D eigenvalue weighted by Gasteiger charge is -2.12. The van der Waals surface area contributed by atoms with E-state index in [-0.39, 0.29) is 5.69 Å². The standard InChI is InChI=1S/C16H14N4O3/c1-2-23-13-8-4-3-7-12(13)20-15(11-6-5-9-17-10-11)14(16(21)22)18-19-20/h3-10H,2H2,1H3,(H,21,22). The van der Waals surface area contributed by atoms with E-state index < -0.39 is 5.97 Å². The maximum atomic E-state index is 11.5. The van der Waals surface area contributed by atoms with Gasteiger partial charge < -0.3 is 9.84 Å². The number of carbonyl (C=O) groups is 1. The van der Waals surface area contributed by atoms with Crippen molar-refractivity contribution in [2.24, 2.45) is 0 Å². The molecule has 1 N–H and O–H groups in total. The molecule has 3 aromatic rings. The second kappa shape index (κ2) is 6.27. The van der Waals surface area contributed by atoms with Crippen LogP contribution in [-0.2, 0) is 0 Å². The van der Waals surface area contributed by atoms with E-state index in [1.54, 1.807) is 36.7 Å². The van der Waals surface area contributed by atoms with Crippen LogP contribution in [0, 0.1) is 0 Å². The van der Waals surface area contributed by atoms with Gasteiger partial charge in [0, 0.05) is 18.0 Å². The van der Waals surface area contributed by atoms with Crippen molar-refractivity contribution in [3.8, 4) is 22.7 Å². The largest absolute Gasteiger partial charge is 0.492 e. The Labute approximate surface area is 132 Å². The molecule has 23 heavy (non-hydrogen) atoms. The molecule has 3 rings (SSSR count). The van der Waals surface area contributed by atoms with Crippen LogP contribution in [0.15, 0.2) is 48.8 Å². The van der Waals surface area contributed by atoms with Crippen molar-refractivity contribution in [3.63, 3.8) is 0 Å². The smallest absolute Gasteiger partial charge is 0.358 e. The molecule has 0 aliphatic heterocycles. The second-order valence-corrected chi connectivity index (χ2v) is 4.65. The van der Waals surface area contributed by atoms with Crippen molar-refractivity contribution in [3.05, 3.63) is 54.5 Å². The molecule has 0 aliphatic carbocycles. The fourth-order valence-electron chi connectivity index (χ4n) is 2.27. The van der Waals surface area contributed by atoms with Crippen molar-refractivity contribution >= 4 is 5.97 Å². The summed E-state index contributed by atoms with van der Waals surface area (Å²) in [4.78, 5) is 15.5. The Morgan fingerprint density at radius 1 is 1.26 bits per heavy atom. The third-order valence-electron chi connectivity index (χ3n) is 3.20. The van der Waals surface area contributed by atoms with Crippen LogP contribution >= 0.6 is 0 Å². The summed E-state index contributed by atoms with van der Waals surface area (Å²) < 4.78 is 7.06. The van der Waals surface area contributed by atoms with E-state index in [4.69, 9.17) is 4.74 Å².